The second-order valence-electron chi connectivity index (χ2n) is 6.05. The summed E-state index contributed by atoms with van der Waals surface area (Å²) in [5, 5.41) is 11.3. The van der Waals surface area contributed by atoms with Crippen molar-refractivity contribution < 1.29 is 32.6 Å². The Labute approximate surface area is 136 Å². The zero-order chi connectivity index (χ0) is 18.1. The van der Waals surface area contributed by atoms with Gasteiger partial charge in [0.05, 0.1) is 11.7 Å². The van der Waals surface area contributed by atoms with Crippen molar-refractivity contribution in [1.29, 1.82) is 0 Å². The summed E-state index contributed by atoms with van der Waals surface area (Å²) in [5.41, 5.74) is -2.55. The number of nitrogens with one attached hydrogen (secondary N) is 1. The number of benzene rings is 1. The monoisotopic (exact) mass is 345 g/mol. The lowest BCUT2D eigenvalue weighted by molar-refractivity contribution is -0.149. The first-order valence-corrected chi connectivity index (χ1v) is 7.45. The molecule has 0 heterocycles. The lowest BCUT2D eigenvalue weighted by Crippen LogP contribution is -2.37. The number of carbonyl (C=O) groups excluding carboxylic acids is 1. The van der Waals surface area contributed by atoms with E-state index < -0.39 is 35.6 Å². The van der Waals surface area contributed by atoms with Gasteiger partial charge in [0, 0.05) is 6.54 Å². The van der Waals surface area contributed by atoms with Gasteiger partial charge < -0.3 is 15.2 Å². The van der Waals surface area contributed by atoms with Crippen LogP contribution in [0, 0.1) is 5.41 Å². The lowest BCUT2D eigenvalue weighted by Gasteiger charge is -2.17. The molecule has 0 aromatic heterocycles. The molecule has 2 N–H and O–H groups in total. The van der Waals surface area contributed by atoms with Crippen molar-refractivity contribution >= 4 is 11.9 Å². The second-order valence-corrected chi connectivity index (χ2v) is 6.05. The molecule has 2 rings (SSSR count). The Balaban J connectivity index is 2.17. The Morgan fingerprint density at radius 2 is 1.96 bits per heavy atom. The summed E-state index contributed by atoms with van der Waals surface area (Å²) in [6.45, 7) is 3.00. The molecular formula is C16H18F3NO4. The third-order valence-corrected chi connectivity index (χ3v) is 3.79. The molecule has 0 radical (unpaired) electrons. The number of carbonyl (C=O) groups is 2. The summed E-state index contributed by atoms with van der Waals surface area (Å²) in [5.74, 6) is -1.93. The molecule has 0 aliphatic heterocycles. The number of carboxylic acid groups (broad SMARTS) is 1. The Morgan fingerprint density at radius 3 is 2.42 bits per heavy atom. The molecule has 132 valence electrons. The van der Waals surface area contributed by atoms with Gasteiger partial charge in [0.15, 0.2) is 0 Å². The number of amides is 1. The molecule has 5 nitrogen and oxygen atoms in total. The standard InChI is InChI=1S/C16H18F3NO4/c1-9(2)24-11-4-3-10(12(7-11)16(17,18)19)8-20-13(21)15(5-6-15)14(22)23/h3-4,7,9H,5-6,8H2,1-2H3,(H,20,21)(H,22,23). The molecule has 1 aromatic rings. The number of aliphatic carboxylic acids is 1. The fourth-order valence-corrected chi connectivity index (χ4v) is 2.33. The van der Waals surface area contributed by atoms with E-state index in [0.29, 0.717) is 0 Å². The first-order chi connectivity index (χ1) is 11.1. The molecule has 1 aromatic carbocycles. The number of ether oxygens (including phenoxy) is 1. The van der Waals surface area contributed by atoms with Gasteiger partial charge >= 0.3 is 12.1 Å². The van der Waals surface area contributed by atoms with Crippen molar-refractivity contribution in [2.24, 2.45) is 5.41 Å². The van der Waals surface area contributed by atoms with Gasteiger partial charge in [-0.2, -0.15) is 13.2 Å². The van der Waals surface area contributed by atoms with Crippen molar-refractivity contribution in [3.63, 3.8) is 0 Å². The van der Waals surface area contributed by atoms with Crippen LogP contribution in [0.3, 0.4) is 0 Å². The molecule has 8 heteroatoms. The summed E-state index contributed by atoms with van der Waals surface area (Å²) < 4.78 is 44.9. The lowest BCUT2D eigenvalue weighted by atomic mass is 10.0. The first-order valence-electron chi connectivity index (χ1n) is 7.45. The summed E-state index contributed by atoms with van der Waals surface area (Å²) in [7, 11) is 0. The van der Waals surface area contributed by atoms with Crippen LogP contribution in [0.25, 0.3) is 0 Å². The molecule has 1 aliphatic rings. The van der Waals surface area contributed by atoms with E-state index in [-0.39, 0.29) is 30.3 Å². The van der Waals surface area contributed by atoms with Crippen LogP contribution >= 0.6 is 0 Å². The molecule has 0 spiro atoms. The van der Waals surface area contributed by atoms with Gasteiger partial charge in [-0.15, -0.1) is 0 Å². The topological polar surface area (TPSA) is 75.6 Å². The maximum atomic E-state index is 13.2. The highest BCUT2D eigenvalue weighted by Gasteiger charge is 2.57. The van der Waals surface area contributed by atoms with Crippen LogP contribution in [-0.2, 0) is 22.3 Å². The molecule has 0 saturated heterocycles. The van der Waals surface area contributed by atoms with Gasteiger partial charge in [0.25, 0.3) is 0 Å². The highest BCUT2D eigenvalue weighted by molar-refractivity contribution is 6.04. The quantitative estimate of drug-likeness (QED) is 0.777. The fraction of sp³-hybridized carbons (Fsp3) is 0.500. The van der Waals surface area contributed by atoms with Crippen LogP contribution in [0.4, 0.5) is 13.2 Å². The Morgan fingerprint density at radius 1 is 1.33 bits per heavy atom. The van der Waals surface area contributed by atoms with E-state index in [1.54, 1.807) is 13.8 Å². The fourth-order valence-electron chi connectivity index (χ4n) is 2.33. The smallest absolute Gasteiger partial charge is 0.416 e. The van der Waals surface area contributed by atoms with Gasteiger partial charge in [0.1, 0.15) is 11.2 Å². The summed E-state index contributed by atoms with van der Waals surface area (Å²) in [4.78, 5) is 23.0. The number of rotatable bonds is 6. The van der Waals surface area contributed by atoms with Crippen LogP contribution < -0.4 is 10.1 Å². The number of hydrogen-bond donors (Lipinski definition) is 2. The summed E-state index contributed by atoms with van der Waals surface area (Å²) in [6, 6.07) is 3.49. The van der Waals surface area contributed by atoms with Gasteiger partial charge in [-0.05, 0) is 44.4 Å². The largest absolute Gasteiger partial charge is 0.491 e. The second kappa shape index (κ2) is 6.33. The van der Waals surface area contributed by atoms with Crippen molar-refractivity contribution in [3.05, 3.63) is 29.3 Å². The molecule has 1 aliphatic carbocycles. The normalized spacial score (nSPS) is 15.9. The minimum absolute atomic E-state index is 0.0802. The zero-order valence-corrected chi connectivity index (χ0v) is 13.2. The minimum atomic E-state index is -4.61. The molecule has 1 amide bonds. The average Bonchev–Trinajstić information content (AvgIpc) is 3.25. The van der Waals surface area contributed by atoms with Gasteiger partial charge in [-0.1, -0.05) is 6.07 Å². The molecule has 1 saturated carbocycles. The van der Waals surface area contributed by atoms with E-state index in [1.165, 1.54) is 12.1 Å². The predicted molar refractivity (Wildman–Crippen MR) is 78.4 cm³/mol. The van der Waals surface area contributed by atoms with Gasteiger partial charge in [-0.25, -0.2) is 0 Å². The highest BCUT2D eigenvalue weighted by atomic mass is 19.4. The Hall–Kier alpha value is -2.25. The highest BCUT2D eigenvalue weighted by Crippen LogP contribution is 2.46. The maximum absolute atomic E-state index is 13.2. The molecule has 24 heavy (non-hydrogen) atoms. The van der Waals surface area contributed by atoms with Crippen molar-refractivity contribution in [3.8, 4) is 5.75 Å². The average molecular weight is 345 g/mol. The van der Waals surface area contributed by atoms with E-state index in [2.05, 4.69) is 5.32 Å². The van der Waals surface area contributed by atoms with E-state index >= 15 is 0 Å². The zero-order valence-electron chi connectivity index (χ0n) is 13.2. The van der Waals surface area contributed by atoms with Crippen LogP contribution in [0.2, 0.25) is 0 Å². The van der Waals surface area contributed by atoms with Crippen LogP contribution in [0.5, 0.6) is 5.75 Å². The first kappa shape index (κ1) is 18.1. The van der Waals surface area contributed by atoms with Crippen LogP contribution in [0.1, 0.15) is 37.8 Å². The summed E-state index contributed by atoms with van der Waals surface area (Å²) >= 11 is 0. The number of carboxylic acids is 1. The third-order valence-electron chi connectivity index (χ3n) is 3.79. The molecule has 1 fully saturated rings. The third kappa shape index (κ3) is 3.80. The molecule has 0 bridgehead atoms. The van der Waals surface area contributed by atoms with Gasteiger partial charge in [-0.3, -0.25) is 9.59 Å². The summed E-state index contributed by atoms with van der Waals surface area (Å²) in [6.07, 6.45) is -4.49. The van der Waals surface area contributed by atoms with Crippen molar-refractivity contribution in [2.75, 3.05) is 0 Å². The van der Waals surface area contributed by atoms with E-state index in [9.17, 15) is 22.8 Å². The predicted octanol–water partition coefficient (Wildman–Crippen LogP) is 2.97. The number of alkyl halides is 3. The van der Waals surface area contributed by atoms with Crippen molar-refractivity contribution in [1.82, 2.24) is 5.32 Å². The SMILES string of the molecule is CC(C)Oc1ccc(CNC(=O)C2(C(=O)O)CC2)c(C(F)(F)F)c1. The number of halogens is 3. The molecular weight excluding hydrogens is 327 g/mol. The van der Waals surface area contributed by atoms with E-state index in [1.807, 2.05) is 0 Å². The maximum Gasteiger partial charge on any atom is 0.416 e. The Bertz CT molecular complexity index is 651. The van der Waals surface area contributed by atoms with Crippen molar-refractivity contribution in [2.45, 2.75) is 45.5 Å². The van der Waals surface area contributed by atoms with Gasteiger partial charge in [0.2, 0.25) is 5.91 Å². The van der Waals surface area contributed by atoms with E-state index in [4.69, 9.17) is 9.84 Å². The number of hydrogen-bond acceptors (Lipinski definition) is 3. The minimum Gasteiger partial charge on any atom is -0.491 e. The van der Waals surface area contributed by atoms with Crippen LogP contribution in [0.15, 0.2) is 18.2 Å². The van der Waals surface area contributed by atoms with Crippen LogP contribution in [-0.4, -0.2) is 23.1 Å². The van der Waals surface area contributed by atoms with E-state index in [0.717, 1.165) is 6.07 Å². The molecule has 0 atom stereocenters. The molecule has 0 unspecified atom stereocenters. The Kier molecular flexibility index (Phi) is 4.77.